The van der Waals surface area contributed by atoms with Crippen LogP contribution in [0.2, 0.25) is 0 Å². The number of hydrogen-bond donors (Lipinski definition) is 0. The highest BCUT2D eigenvalue weighted by atomic mass is 32.1. The zero-order chi connectivity index (χ0) is 77.2. The van der Waals surface area contributed by atoms with Gasteiger partial charge < -0.3 is 22.7 Å². The zero-order valence-corrected chi connectivity index (χ0v) is 64.2. The molecule has 0 N–H and O–H groups in total. The minimum Gasteiger partial charge on any atom is -0.456 e. The Hall–Kier alpha value is -15.6. The number of fused-ring (bicyclic) bond motifs is 22. The van der Waals surface area contributed by atoms with Gasteiger partial charge in [0.1, 0.15) is 11.2 Å². The maximum Gasteiger partial charge on any atom is 0.136 e. The number of hydrogen-bond acceptors (Lipinski definition) is 6. The molecule has 0 aliphatic carbocycles. The molecule has 26 rings (SSSR count). The van der Waals surface area contributed by atoms with Gasteiger partial charge in [0.2, 0.25) is 0 Å². The summed E-state index contributed by atoms with van der Waals surface area (Å²) in [5.41, 5.74) is 26.7. The first-order valence-corrected chi connectivity index (χ1v) is 40.8. The van der Waals surface area contributed by atoms with E-state index >= 15 is 0 Å². The van der Waals surface area contributed by atoms with Crippen molar-refractivity contribution in [1.29, 1.82) is 0 Å². The number of para-hydroxylation sites is 11. The summed E-state index contributed by atoms with van der Waals surface area (Å²) in [7, 11) is 0. The maximum absolute atomic E-state index is 6.32. The molecule has 26 aromatic rings. The largest absolute Gasteiger partial charge is 0.456 e. The zero-order valence-electron chi connectivity index (χ0n) is 63.3. The summed E-state index contributed by atoms with van der Waals surface area (Å²) in [6, 6.07) is 139. The molecule has 548 valence electrons. The average molecular weight is 1520 g/mol. The van der Waals surface area contributed by atoms with Crippen LogP contribution in [-0.4, -0.2) is 38.2 Å². The van der Waals surface area contributed by atoms with Gasteiger partial charge in [-0.1, -0.05) is 267 Å². The molecule has 10 heteroatoms. The van der Waals surface area contributed by atoms with Gasteiger partial charge in [0, 0.05) is 118 Å². The first-order valence-electron chi connectivity index (χ1n) is 40.0. The molecule has 0 unspecified atom stereocenters. The molecule has 0 saturated heterocycles. The summed E-state index contributed by atoms with van der Waals surface area (Å²) in [5.74, 6) is 0. The average Bonchev–Trinajstić information content (AvgIpc) is 1.55. The molecule has 0 radical (unpaired) electrons. The van der Waals surface area contributed by atoms with Crippen LogP contribution < -0.4 is 0 Å². The second-order valence-electron chi connectivity index (χ2n) is 30.6. The highest BCUT2D eigenvalue weighted by Gasteiger charge is 2.28. The SMILES string of the molecule is c1ccc2c(-n3c4ccccc4c4ccccc43)c3c4ccccc4n(-c4ccc(-c5nc6ccccc6nc5-c5cccc6oc7ccccc7c56)cc4)c3cc2c1.c1ccc2c(-n3c4ccccc4c4ccccc43)c3c4ccccc4n(-c4ccc(-c5nc6ccccc6nc5-c5cccc6sc7ccccc7c56)cc4)c3cc2c1. The van der Waals surface area contributed by atoms with Crippen molar-refractivity contribution in [3.05, 3.63) is 388 Å². The van der Waals surface area contributed by atoms with E-state index in [1.165, 1.54) is 118 Å². The second kappa shape index (κ2) is 26.0. The van der Waals surface area contributed by atoms with Gasteiger partial charge >= 0.3 is 0 Å². The van der Waals surface area contributed by atoms with Gasteiger partial charge in [-0.25, -0.2) is 19.9 Å². The standard InChI is InChI=1S/C54H32N4O.C54H32N4S/c2*1-2-15-36-34(14-1)32-47-51(54(36)58-44-23-9-3-16-37(44)38-17-4-10-24-45(38)58)39-18-5-11-25-46(39)57(47)35-30-28-33(29-31-35)52-53(56-43-22-8-7-21-42(43)55-52)41-20-13-27-49-50(41)40-19-6-12-26-48(40)59-49/h2*1-32H. The van der Waals surface area contributed by atoms with Crippen molar-refractivity contribution in [3.8, 4) is 67.8 Å². The quantitative estimate of drug-likeness (QED) is 0.151. The Bertz CT molecular complexity index is 8100. The number of benzene rings is 18. The van der Waals surface area contributed by atoms with E-state index in [2.05, 4.69) is 346 Å². The predicted molar refractivity (Wildman–Crippen MR) is 493 cm³/mol. The van der Waals surface area contributed by atoms with Gasteiger partial charge in [0.15, 0.2) is 0 Å². The van der Waals surface area contributed by atoms with Crippen LogP contribution in [0, 0.1) is 0 Å². The van der Waals surface area contributed by atoms with Gasteiger partial charge in [0.25, 0.3) is 0 Å². The molecule has 8 aromatic heterocycles. The molecule has 18 aromatic carbocycles. The Morgan fingerprint density at radius 1 is 0.212 bits per heavy atom. The molecule has 0 amide bonds. The predicted octanol–water partition coefficient (Wildman–Crippen LogP) is 28.9. The lowest BCUT2D eigenvalue weighted by Crippen LogP contribution is -1.99. The molecule has 0 fully saturated rings. The minimum absolute atomic E-state index is 0.827. The third-order valence-corrected chi connectivity index (χ3v) is 25.3. The molecule has 0 aliphatic heterocycles. The maximum atomic E-state index is 6.32. The van der Waals surface area contributed by atoms with Crippen LogP contribution in [0.25, 0.3) is 241 Å². The van der Waals surface area contributed by atoms with Gasteiger partial charge in [-0.3, -0.25) is 0 Å². The molecule has 118 heavy (non-hydrogen) atoms. The topological polar surface area (TPSA) is 84.4 Å². The van der Waals surface area contributed by atoms with Crippen molar-refractivity contribution in [3.63, 3.8) is 0 Å². The summed E-state index contributed by atoms with van der Waals surface area (Å²) in [6.07, 6.45) is 0. The minimum atomic E-state index is 0.827. The van der Waals surface area contributed by atoms with Crippen molar-refractivity contribution in [2.24, 2.45) is 0 Å². The molecule has 0 bridgehead atoms. The van der Waals surface area contributed by atoms with E-state index < -0.39 is 0 Å². The highest BCUT2D eigenvalue weighted by molar-refractivity contribution is 7.26. The van der Waals surface area contributed by atoms with E-state index in [1.807, 2.05) is 72.0 Å². The van der Waals surface area contributed by atoms with Crippen molar-refractivity contribution in [2.45, 2.75) is 0 Å². The van der Waals surface area contributed by atoms with Crippen molar-refractivity contribution in [1.82, 2.24) is 38.2 Å². The number of thiophene rings is 1. The number of nitrogens with zero attached hydrogens (tertiary/aromatic N) is 8. The highest BCUT2D eigenvalue weighted by Crippen LogP contribution is 2.49. The van der Waals surface area contributed by atoms with Crippen LogP contribution >= 0.6 is 11.3 Å². The summed E-state index contributed by atoms with van der Waals surface area (Å²) in [6.45, 7) is 0. The summed E-state index contributed by atoms with van der Waals surface area (Å²) in [5, 5.41) is 19.3. The van der Waals surface area contributed by atoms with E-state index in [-0.39, 0.29) is 0 Å². The molecular weight excluding hydrogens is 1460 g/mol. The Balaban J connectivity index is 0.000000131. The van der Waals surface area contributed by atoms with Gasteiger partial charge in [-0.2, -0.15) is 0 Å². The van der Waals surface area contributed by atoms with E-state index in [0.29, 0.717) is 0 Å². The van der Waals surface area contributed by atoms with Crippen LogP contribution in [0.4, 0.5) is 0 Å². The van der Waals surface area contributed by atoms with E-state index in [4.69, 9.17) is 24.4 Å². The molecule has 0 aliphatic rings. The Labute approximate surface area is 678 Å². The number of aromatic nitrogens is 8. The lowest BCUT2D eigenvalue weighted by Gasteiger charge is -2.16. The Morgan fingerprint density at radius 2 is 0.542 bits per heavy atom. The first kappa shape index (κ1) is 65.9. The van der Waals surface area contributed by atoms with Crippen LogP contribution in [0.15, 0.2) is 393 Å². The molecule has 9 nitrogen and oxygen atoms in total. The summed E-state index contributed by atoms with van der Waals surface area (Å²) >= 11 is 1.83. The number of furan rings is 1. The van der Waals surface area contributed by atoms with Crippen molar-refractivity contribution >= 4 is 184 Å². The Kier molecular flexibility index (Phi) is 14.5. The fourth-order valence-electron chi connectivity index (χ4n) is 19.1. The summed E-state index contributed by atoms with van der Waals surface area (Å²) in [4.78, 5) is 21.3. The smallest absolute Gasteiger partial charge is 0.136 e. The normalized spacial score (nSPS) is 12.1. The third-order valence-electron chi connectivity index (χ3n) is 24.2. The first-order chi connectivity index (χ1) is 58.6. The number of rotatable bonds is 8. The Morgan fingerprint density at radius 3 is 1.00 bits per heavy atom. The van der Waals surface area contributed by atoms with Crippen LogP contribution in [0.1, 0.15) is 0 Å². The van der Waals surface area contributed by atoms with Crippen LogP contribution in [-0.2, 0) is 0 Å². The fraction of sp³-hybridized carbons (Fsp3) is 0. The van der Waals surface area contributed by atoms with E-state index in [0.717, 1.165) is 122 Å². The van der Waals surface area contributed by atoms with E-state index in [1.54, 1.807) is 0 Å². The lowest BCUT2D eigenvalue weighted by atomic mass is 9.98. The second-order valence-corrected chi connectivity index (χ2v) is 31.7. The van der Waals surface area contributed by atoms with E-state index in [9.17, 15) is 0 Å². The van der Waals surface area contributed by atoms with Crippen LogP contribution in [0.5, 0.6) is 0 Å². The molecule has 0 saturated carbocycles. The lowest BCUT2D eigenvalue weighted by molar-refractivity contribution is 0.669. The fourth-order valence-corrected chi connectivity index (χ4v) is 20.3. The monoisotopic (exact) mass is 1520 g/mol. The van der Waals surface area contributed by atoms with Crippen LogP contribution in [0.3, 0.4) is 0 Å². The van der Waals surface area contributed by atoms with Gasteiger partial charge in [-0.15, -0.1) is 11.3 Å². The van der Waals surface area contributed by atoms with Crippen molar-refractivity contribution < 1.29 is 4.42 Å². The molecule has 0 atom stereocenters. The third kappa shape index (κ3) is 9.90. The van der Waals surface area contributed by atoms with Gasteiger partial charge in [-0.05, 0) is 132 Å². The van der Waals surface area contributed by atoms with Gasteiger partial charge in [0.05, 0.1) is 100 Å². The molecule has 8 heterocycles. The molecule has 0 spiro atoms. The van der Waals surface area contributed by atoms with Crippen molar-refractivity contribution in [2.75, 3.05) is 0 Å². The summed E-state index contributed by atoms with van der Waals surface area (Å²) < 4.78 is 18.7. The molecular formula is C108H64N8OS.